The van der Waals surface area contributed by atoms with Gasteiger partial charge >= 0.3 is 0 Å². The van der Waals surface area contributed by atoms with Crippen LogP contribution in [0.5, 0.6) is 0 Å². The van der Waals surface area contributed by atoms with Crippen LogP contribution < -0.4 is 0 Å². The molecule has 0 unspecified atom stereocenters. The maximum absolute atomic E-state index is 6.35. The zero-order valence-electron chi connectivity index (χ0n) is 15.4. The Bertz CT molecular complexity index is 605. The minimum absolute atomic E-state index is 0.162. The highest BCUT2D eigenvalue weighted by Gasteiger charge is 2.39. The molecule has 0 saturated heterocycles. The summed E-state index contributed by atoms with van der Waals surface area (Å²) in [4.78, 5) is 0. The standard InChI is InChI=1S/C19H30OSi2/c1-16(20-22(8,9)19(2,3)4)18-13-11-10-12-17(18)14-15-21(5,6)7/h10-13H,1H2,2-9H3. The van der Waals surface area contributed by atoms with Crippen molar-refractivity contribution in [3.8, 4) is 11.5 Å². The van der Waals surface area contributed by atoms with Crippen molar-refractivity contribution in [3.05, 3.63) is 42.0 Å². The quantitative estimate of drug-likeness (QED) is 0.380. The van der Waals surface area contributed by atoms with Crippen molar-refractivity contribution in [1.29, 1.82) is 0 Å². The first-order valence-corrected chi connectivity index (χ1v) is 14.2. The van der Waals surface area contributed by atoms with Crippen LogP contribution in [0.4, 0.5) is 0 Å². The third-order valence-electron chi connectivity index (χ3n) is 3.98. The van der Waals surface area contributed by atoms with Crippen molar-refractivity contribution in [2.75, 3.05) is 0 Å². The Morgan fingerprint density at radius 1 is 1.05 bits per heavy atom. The Morgan fingerprint density at radius 3 is 2.09 bits per heavy atom. The molecule has 120 valence electrons. The highest BCUT2D eigenvalue weighted by atomic mass is 28.4. The summed E-state index contributed by atoms with van der Waals surface area (Å²) < 4.78 is 6.35. The van der Waals surface area contributed by atoms with Crippen LogP contribution >= 0.6 is 0 Å². The number of hydrogen-bond acceptors (Lipinski definition) is 1. The van der Waals surface area contributed by atoms with Gasteiger partial charge in [0.1, 0.15) is 13.8 Å². The monoisotopic (exact) mass is 330 g/mol. The lowest BCUT2D eigenvalue weighted by Crippen LogP contribution is -2.40. The van der Waals surface area contributed by atoms with Crippen molar-refractivity contribution in [3.63, 3.8) is 0 Å². The second-order valence-electron chi connectivity index (χ2n) is 8.33. The molecule has 1 aromatic rings. The van der Waals surface area contributed by atoms with Crippen LogP contribution in [0.3, 0.4) is 0 Å². The first-order chi connectivity index (χ1) is 9.83. The van der Waals surface area contributed by atoms with Crippen molar-refractivity contribution in [2.24, 2.45) is 0 Å². The van der Waals surface area contributed by atoms with E-state index in [2.05, 4.69) is 83.7 Å². The molecule has 0 fully saturated rings. The topological polar surface area (TPSA) is 9.23 Å². The summed E-state index contributed by atoms with van der Waals surface area (Å²) in [6.07, 6.45) is 0. The van der Waals surface area contributed by atoms with E-state index in [4.69, 9.17) is 4.43 Å². The SMILES string of the molecule is C=C(O[Si](C)(C)C(C)(C)C)c1ccccc1C#C[Si](C)(C)C. The van der Waals surface area contributed by atoms with Crippen LogP contribution in [0.2, 0.25) is 37.8 Å². The summed E-state index contributed by atoms with van der Waals surface area (Å²) in [7, 11) is -3.27. The van der Waals surface area contributed by atoms with Gasteiger partial charge in [-0.3, -0.25) is 0 Å². The van der Waals surface area contributed by atoms with Gasteiger partial charge in [-0.2, -0.15) is 0 Å². The van der Waals surface area contributed by atoms with E-state index >= 15 is 0 Å². The maximum Gasteiger partial charge on any atom is 0.250 e. The number of rotatable bonds is 3. The van der Waals surface area contributed by atoms with Crippen LogP contribution in [-0.2, 0) is 4.43 Å². The highest BCUT2D eigenvalue weighted by molar-refractivity contribution is 6.83. The minimum atomic E-state index is -1.87. The van der Waals surface area contributed by atoms with E-state index in [1.165, 1.54) is 0 Å². The Hall–Kier alpha value is -1.25. The summed E-state index contributed by atoms with van der Waals surface area (Å²) in [6, 6.07) is 8.17. The normalized spacial score (nSPS) is 12.4. The molecule has 0 aliphatic heterocycles. The number of hydrogen-bond donors (Lipinski definition) is 0. The van der Waals surface area contributed by atoms with Crippen LogP contribution in [-0.4, -0.2) is 16.4 Å². The fourth-order valence-electron chi connectivity index (χ4n) is 1.61. The molecule has 0 aromatic heterocycles. The second-order valence-corrected chi connectivity index (χ2v) is 17.8. The van der Waals surface area contributed by atoms with Crippen molar-refractivity contribution >= 4 is 22.2 Å². The summed E-state index contributed by atoms with van der Waals surface area (Å²) in [5.41, 5.74) is 5.48. The molecule has 0 aliphatic carbocycles. The molecule has 0 bridgehead atoms. The van der Waals surface area contributed by atoms with Gasteiger partial charge < -0.3 is 4.43 Å². The van der Waals surface area contributed by atoms with E-state index in [0.29, 0.717) is 0 Å². The average molecular weight is 331 g/mol. The average Bonchev–Trinajstić information content (AvgIpc) is 2.34. The molecule has 0 aliphatic rings. The fraction of sp³-hybridized carbons (Fsp3) is 0.474. The van der Waals surface area contributed by atoms with E-state index in [-0.39, 0.29) is 5.04 Å². The van der Waals surface area contributed by atoms with Gasteiger partial charge in [-0.05, 0) is 24.2 Å². The molecule has 0 saturated carbocycles. The van der Waals surface area contributed by atoms with Gasteiger partial charge in [0, 0.05) is 11.1 Å². The molecule has 1 aromatic carbocycles. The second kappa shape index (κ2) is 6.48. The minimum Gasteiger partial charge on any atom is -0.543 e. The molecule has 0 heterocycles. The molecule has 1 rings (SSSR count). The van der Waals surface area contributed by atoms with Gasteiger partial charge in [0.2, 0.25) is 8.32 Å². The Morgan fingerprint density at radius 2 is 1.59 bits per heavy atom. The van der Waals surface area contributed by atoms with Crippen molar-refractivity contribution in [1.82, 2.24) is 0 Å². The summed E-state index contributed by atoms with van der Waals surface area (Å²) in [6.45, 7) is 22.2. The van der Waals surface area contributed by atoms with E-state index in [0.717, 1.165) is 16.9 Å². The van der Waals surface area contributed by atoms with E-state index in [1.807, 2.05) is 12.1 Å². The van der Waals surface area contributed by atoms with Crippen LogP contribution in [0.25, 0.3) is 5.76 Å². The fourth-order valence-corrected chi connectivity index (χ4v) is 3.15. The third-order valence-corrected chi connectivity index (χ3v) is 9.23. The molecule has 0 spiro atoms. The van der Waals surface area contributed by atoms with Gasteiger partial charge in [-0.1, -0.05) is 71.1 Å². The Kier molecular flexibility index (Phi) is 5.53. The highest BCUT2D eigenvalue weighted by Crippen LogP contribution is 2.39. The zero-order valence-corrected chi connectivity index (χ0v) is 17.4. The molecule has 0 radical (unpaired) electrons. The lowest BCUT2D eigenvalue weighted by atomic mass is 10.1. The lowest BCUT2D eigenvalue weighted by Gasteiger charge is -2.37. The molecule has 3 heteroatoms. The van der Waals surface area contributed by atoms with E-state index in [1.54, 1.807) is 0 Å². The Balaban J connectivity index is 3.12. The molecule has 1 nitrogen and oxygen atoms in total. The smallest absolute Gasteiger partial charge is 0.250 e. The van der Waals surface area contributed by atoms with Crippen molar-refractivity contribution < 1.29 is 4.43 Å². The van der Waals surface area contributed by atoms with Crippen LogP contribution in [0.1, 0.15) is 31.9 Å². The van der Waals surface area contributed by atoms with Crippen LogP contribution in [0.15, 0.2) is 30.8 Å². The lowest BCUT2D eigenvalue weighted by molar-refractivity contribution is 0.459. The van der Waals surface area contributed by atoms with Crippen LogP contribution in [0, 0.1) is 11.5 Å². The van der Waals surface area contributed by atoms with E-state index in [9.17, 15) is 0 Å². The molecule has 0 amide bonds. The molecule has 22 heavy (non-hydrogen) atoms. The predicted octanol–water partition coefficient (Wildman–Crippen LogP) is 5.91. The molecule has 0 N–H and O–H groups in total. The molecular weight excluding hydrogens is 300 g/mol. The maximum atomic E-state index is 6.35. The number of benzene rings is 1. The van der Waals surface area contributed by atoms with Gasteiger partial charge in [0.25, 0.3) is 0 Å². The van der Waals surface area contributed by atoms with Gasteiger partial charge in [-0.15, -0.1) is 5.54 Å². The van der Waals surface area contributed by atoms with Crippen molar-refractivity contribution in [2.45, 2.75) is 58.5 Å². The summed E-state index contributed by atoms with van der Waals surface area (Å²) >= 11 is 0. The van der Waals surface area contributed by atoms with Gasteiger partial charge in [0.05, 0.1) is 0 Å². The first kappa shape index (κ1) is 18.8. The molecular formula is C19H30OSi2. The Labute approximate surface area is 138 Å². The van der Waals surface area contributed by atoms with E-state index < -0.39 is 16.4 Å². The molecule has 0 atom stereocenters. The third kappa shape index (κ3) is 5.19. The summed E-state index contributed by atoms with van der Waals surface area (Å²) in [5.74, 6) is 4.10. The first-order valence-electron chi connectivity index (χ1n) is 7.84. The predicted molar refractivity (Wildman–Crippen MR) is 104 cm³/mol. The van der Waals surface area contributed by atoms with Gasteiger partial charge in [0.15, 0.2) is 0 Å². The zero-order chi connectivity index (χ0) is 17.2. The summed E-state index contributed by atoms with van der Waals surface area (Å²) in [5, 5.41) is 0.162. The van der Waals surface area contributed by atoms with Gasteiger partial charge in [-0.25, -0.2) is 0 Å². The largest absolute Gasteiger partial charge is 0.543 e.